The van der Waals surface area contributed by atoms with E-state index >= 15 is 0 Å². The summed E-state index contributed by atoms with van der Waals surface area (Å²) < 4.78 is 0. The lowest BCUT2D eigenvalue weighted by atomic mass is 9.95. The van der Waals surface area contributed by atoms with Gasteiger partial charge in [-0.1, -0.05) is 6.92 Å². The van der Waals surface area contributed by atoms with Gasteiger partial charge in [-0.3, -0.25) is 0 Å². The second-order valence-corrected chi connectivity index (χ2v) is 6.79. The van der Waals surface area contributed by atoms with Crippen LogP contribution in [0.2, 0.25) is 0 Å². The van der Waals surface area contributed by atoms with Gasteiger partial charge in [0.1, 0.15) is 0 Å². The molecule has 0 radical (unpaired) electrons. The fraction of sp³-hybridized carbons (Fsp3) is 1.00. The van der Waals surface area contributed by atoms with Crippen molar-refractivity contribution in [2.45, 2.75) is 38.6 Å². The molecule has 1 heterocycles. The Hall–Kier alpha value is -0.120. The second-order valence-electron chi connectivity index (χ2n) is 6.79. The number of nitrogens with one attached hydrogen (secondary N) is 1. The molecule has 2 aliphatic rings. The third kappa shape index (κ3) is 5.25. The first kappa shape index (κ1) is 14.3. The molecule has 0 spiro atoms. The van der Waals surface area contributed by atoms with Gasteiger partial charge in [0.15, 0.2) is 0 Å². The summed E-state index contributed by atoms with van der Waals surface area (Å²) in [7, 11) is 4.38. The van der Waals surface area contributed by atoms with E-state index in [1.54, 1.807) is 0 Å². The first-order chi connectivity index (χ1) is 8.63. The molecule has 3 nitrogen and oxygen atoms in total. The van der Waals surface area contributed by atoms with E-state index in [2.05, 4.69) is 36.1 Å². The first-order valence-corrected chi connectivity index (χ1v) is 7.74. The third-order valence-electron chi connectivity index (χ3n) is 4.23. The molecule has 0 aromatic rings. The van der Waals surface area contributed by atoms with E-state index in [4.69, 9.17) is 0 Å². The molecule has 1 aliphatic heterocycles. The van der Waals surface area contributed by atoms with Crippen LogP contribution in [0.1, 0.15) is 32.6 Å². The van der Waals surface area contributed by atoms with Crippen molar-refractivity contribution in [3.63, 3.8) is 0 Å². The molecule has 1 N–H and O–H groups in total. The summed E-state index contributed by atoms with van der Waals surface area (Å²) in [6, 6.07) is 0.860. The van der Waals surface area contributed by atoms with E-state index in [0.29, 0.717) is 0 Å². The van der Waals surface area contributed by atoms with Crippen molar-refractivity contribution >= 4 is 0 Å². The molecular weight excluding hydrogens is 222 g/mol. The van der Waals surface area contributed by atoms with Gasteiger partial charge in [0.05, 0.1) is 0 Å². The van der Waals surface area contributed by atoms with Crippen LogP contribution in [-0.4, -0.2) is 62.7 Å². The smallest absolute Gasteiger partial charge is 0.00683 e. The molecule has 106 valence electrons. The second kappa shape index (κ2) is 6.88. The summed E-state index contributed by atoms with van der Waals surface area (Å²) in [5.41, 5.74) is 0. The quantitative estimate of drug-likeness (QED) is 0.744. The van der Waals surface area contributed by atoms with Crippen molar-refractivity contribution in [1.82, 2.24) is 15.1 Å². The van der Waals surface area contributed by atoms with Crippen LogP contribution in [-0.2, 0) is 0 Å². The van der Waals surface area contributed by atoms with Gasteiger partial charge in [0, 0.05) is 19.1 Å². The van der Waals surface area contributed by atoms with Crippen LogP contribution in [0.4, 0.5) is 0 Å². The molecule has 0 amide bonds. The summed E-state index contributed by atoms with van der Waals surface area (Å²) in [5.74, 6) is 1.73. The summed E-state index contributed by atoms with van der Waals surface area (Å²) in [6.07, 6.45) is 5.59. The van der Waals surface area contributed by atoms with Gasteiger partial charge >= 0.3 is 0 Å². The van der Waals surface area contributed by atoms with Gasteiger partial charge in [-0.2, -0.15) is 0 Å². The first-order valence-electron chi connectivity index (χ1n) is 7.74. The average Bonchev–Trinajstić information content (AvgIpc) is 3.12. The molecule has 0 aromatic heterocycles. The average molecular weight is 253 g/mol. The molecule has 0 aromatic carbocycles. The Labute approximate surface area is 113 Å². The van der Waals surface area contributed by atoms with E-state index in [-0.39, 0.29) is 0 Å². The molecule has 1 saturated heterocycles. The summed E-state index contributed by atoms with van der Waals surface area (Å²) >= 11 is 0. The minimum atomic E-state index is 0.802. The van der Waals surface area contributed by atoms with E-state index in [1.165, 1.54) is 58.4 Å². The molecule has 2 rings (SSSR count). The zero-order valence-electron chi connectivity index (χ0n) is 12.5. The zero-order chi connectivity index (χ0) is 13.0. The maximum absolute atomic E-state index is 3.65. The molecule has 1 atom stereocenters. The molecule has 2 fully saturated rings. The fourth-order valence-electron chi connectivity index (χ4n) is 3.03. The Balaban J connectivity index is 1.57. The SMILES string of the molecule is CC(CNC1CC1)CN1CCC(CN(C)C)CC1. The minimum absolute atomic E-state index is 0.802. The number of piperidine rings is 1. The highest BCUT2D eigenvalue weighted by Gasteiger charge is 2.23. The van der Waals surface area contributed by atoms with Crippen LogP contribution < -0.4 is 5.32 Å². The van der Waals surface area contributed by atoms with Crippen molar-refractivity contribution < 1.29 is 0 Å². The molecule has 1 unspecified atom stereocenters. The summed E-state index contributed by atoms with van der Waals surface area (Å²) in [4.78, 5) is 5.01. The Kier molecular flexibility index (Phi) is 5.46. The largest absolute Gasteiger partial charge is 0.314 e. The predicted octanol–water partition coefficient (Wildman–Crippen LogP) is 1.65. The Morgan fingerprint density at radius 2 is 1.83 bits per heavy atom. The number of likely N-dealkylation sites (tertiary alicyclic amines) is 1. The lowest BCUT2D eigenvalue weighted by Gasteiger charge is -2.34. The molecule has 1 saturated carbocycles. The highest BCUT2D eigenvalue weighted by Crippen LogP contribution is 2.20. The predicted molar refractivity (Wildman–Crippen MR) is 77.9 cm³/mol. The van der Waals surface area contributed by atoms with Crippen LogP contribution in [0.25, 0.3) is 0 Å². The normalized spacial score (nSPS) is 24.7. The van der Waals surface area contributed by atoms with Crippen LogP contribution in [0, 0.1) is 11.8 Å². The van der Waals surface area contributed by atoms with E-state index in [9.17, 15) is 0 Å². The van der Waals surface area contributed by atoms with Gasteiger partial charge in [-0.15, -0.1) is 0 Å². The lowest BCUT2D eigenvalue weighted by molar-refractivity contribution is 0.146. The molecule has 0 bridgehead atoms. The van der Waals surface area contributed by atoms with E-state index in [1.807, 2.05) is 0 Å². The number of hydrogen-bond acceptors (Lipinski definition) is 3. The van der Waals surface area contributed by atoms with Gasteiger partial charge in [0.2, 0.25) is 0 Å². The number of hydrogen-bond donors (Lipinski definition) is 1. The highest BCUT2D eigenvalue weighted by molar-refractivity contribution is 4.82. The van der Waals surface area contributed by atoms with Crippen molar-refractivity contribution in [3.05, 3.63) is 0 Å². The maximum atomic E-state index is 3.65. The Morgan fingerprint density at radius 3 is 2.39 bits per heavy atom. The van der Waals surface area contributed by atoms with Crippen molar-refractivity contribution in [3.8, 4) is 0 Å². The van der Waals surface area contributed by atoms with Gasteiger partial charge < -0.3 is 15.1 Å². The van der Waals surface area contributed by atoms with Crippen molar-refractivity contribution in [2.24, 2.45) is 11.8 Å². The van der Waals surface area contributed by atoms with Crippen molar-refractivity contribution in [2.75, 3.05) is 46.8 Å². The zero-order valence-corrected chi connectivity index (χ0v) is 12.5. The highest BCUT2D eigenvalue weighted by atomic mass is 15.1. The van der Waals surface area contributed by atoms with Gasteiger partial charge in [-0.25, -0.2) is 0 Å². The maximum Gasteiger partial charge on any atom is 0.00683 e. The molecule has 3 heteroatoms. The molecular formula is C15H31N3. The Bertz CT molecular complexity index is 230. The summed E-state index contributed by atoms with van der Waals surface area (Å²) in [6.45, 7) is 8.78. The standard InChI is InChI=1S/C15H31N3/c1-13(10-16-15-4-5-15)11-18-8-6-14(7-9-18)12-17(2)3/h13-16H,4-12H2,1-3H3. The number of rotatable bonds is 7. The number of nitrogens with zero attached hydrogens (tertiary/aromatic N) is 2. The van der Waals surface area contributed by atoms with Crippen LogP contribution in [0.3, 0.4) is 0 Å². The topological polar surface area (TPSA) is 18.5 Å². The van der Waals surface area contributed by atoms with Gasteiger partial charge in [-0.05, 0) is 71.2 Å². The van der Waals surface area contributed by atoms with Gasteiger partial charge in [0.25, 0.3) is 0 Å². The van der Waals surface area contributed by atoms with Crippen LogP contribution >= 0.6 is 0 Å². The van der Waals surface area contributed by atoms with E-state index < -0.39 is 0 Å². The Morgan fingerprint density at radius 1 is 1.17 bits per heavy atom. The fourth-order valence-corrected chi connectivity index (χ4v) is 3.03. The minimum Gasteiger partial charge on any atom is -0.314 e. The molecule has 1 aliphatic carbocycles. The monoisotopic (exact) mass is 253 g/mol. The van der Waals surface area contributed by atoms with Crippen LogP contribution in [0.5, 0.6) is 0 Å². The van der Waals surface area contributed by atoms with Crippen LogP contribution in [0.15, 0.2) is 0 Å². The summed E-state index contributed by atoms with van der Waals surface area (Å²) in [5, 5.41) is 3.65. The van der Waals surface area contributed by atoms with E-state index in [0.717, 1.165) is 17.9 Å². The molecule has 18 heavy (non-hydrogen) atoms. The third-order valence-corrected chi connectivity index (χ3v) is 4.23. The van der Waals surface area contributed by atoms with Crippen molar-refractivity contribution in [1.29, 1.82) is 0 Å². The lowest BCUT2D eigenvalue weighted by Crippen LogP contribution is -2.40.